The monoisotopic (exact) mass is 373 g/mol. The Hall–Kier alpha value is -2.97. The smallest absolute Gasteiger partial charge is 0.305 e. The molecule has 0 spiro atoms. The predicted molar refractivity (Wildman–Crippen MR) is 95.7 cm³/mol. The first-order chi connectivity index (χ1) is 13.0. The zero-order valence-electron chi connectivity index (χ0n) is 15.5. The summed E-state index contributed by atoms with van der Waals surface area (Å²) in [5.41, 5.74) is 0.828. The van der Waals surface area contributed by atoms with Crippen LogP contribution in [0.5, 0.6) is 5.75 Å². The van der Waals surface area contributed by atoms with E-state index in [1.807, 2.05) is 12.1 Å². The highest BCUT2D eigenvalue weighted by atomic mass is 16.5. The number of piperidine rings is 1. The Kier molecular flexibility index (Phi) is 6.00. The number of aryl methyl sites for hydroxylation is 1. The van der Waals surface area contributed by atoms with Crippen molar-refractivity contribution in [2.45, 2.75) is 19.3 Å². The molecule has 9 heteroatoms. The van der Waals surface area contributed by atoms with Crippen LogP contribution in [0.1, 0.15) is 19.3 Å². The van der Waals surface area contributed by atoms with Gasteiger partial charge in [0.1, 0.15) is 5.75 Å². The molecule has 1 saturated heterocycles. The minimum atomic E-state index is -0.191. The second kappa shape index (κ2) is 8.61. The van der Waals surface area contributed by atoms with Crippen molar-refractivity contribution < 1.29 is 19.1 Å². The Balaban J connectivity index is 1.45. The lowest BCUT2D eigenvalue weighted by Crippen LogP contribution is -2.41. The zero-order valence-corrected chi connectivity index (χ0v) is 15.5. The molecule has 0 atom stereocenters. The van der Waals surface area contributed by atoms with Crippen LogP contribution in [0.25, 0.3) is 11.4 Å². The lowest BCUT2D eigenvalue weighted by Gasteiger charge is -2.31. The van der Waals surface area contributed by atoms with Crippen LogP contribution in [0.4, 0.5) is 0 Å². The van der Waals surface area contributed by atoms with E-state index >= 15 is 0 Å². The lowest BCUT2D eigenvalue weighted by molar-refractivity contribution is -0.142. The number of benzene rings is 1. The van der Waals surface area contributed by atoms with Crippen molar-refractivity contribution in [3.63, 3.8) is 0 Å². The number of carbonyl (C=O) groups is 2. The summed E-state index contributed by atoms with van der Waals surface area (Å²) in [7, 11) is 3.10. The van der Waals surface area contributed by atoms with Gasteiger partial charge in [-0.1, -0.05) is 0 Å². The highest BCUT2D eigenvalue weighted by Gasteiger charge is 2.24. The maximum Gasteiger partial charge on any atom is 0.305 e. The fraction of sp³-hybridized carbons (Fsp3) is 0.500. The molecular formula is C18H23N5O4. The van der Waals surface area contributed by atoms with Crippen molar-refractivity contribution in [1.82, 2.24) is 25.1 Å². The van der Waals surface area contributed by atoms with Gasteiger partial charge in [-0.3, -0.25) is 9.59 Å². The maximum atomic E-state index is 12.3. The van der Waals surface area contributed by atoms with Gasteiger partial charge in [-0.2, -0.15) is 4.80 Å². The zero-order chi connectivity index (χ0) is 19.2. The van der Waals surface area contributed by atoms with Gasteiger partial charge >= 0.3 is 5.97 Å². The van der Waals surface area contributed by atoms with Crippen molar-refractivity contribution >= 4 is 11.9 Å². The Morgan fingerprint density at radius 1 is 1.19 bits per heavy atom. The topological polar surface area (TPSA) is 99.4 Å². The molecule has 0 aliphatic carbocycles. The Morgan fingerprint density at radius 3 is 2.48 bits per heavy atom. The Morgan fingerprint density at radius 2 is 1.89 bits per heavy atom. The van der Waals surface area contributed by atoms with Crippen molar-refractivity contribution in [3.8, 4) is 17.1 Å². The van der Waals surface area contributed by atoms with Gasteiger partial charge in [0.25, 0.3) is 5.91 Å². The minimum Gasteiger partial charge on any atom is -0.484 e. The van der Waals surface area contributed by atoms with Crippen LogP contribution in [0.3, 0.4) is 0 Å². The molecule has 0 bridgehead atoms. The predicted octanol–water partition coefficient (Wildman–Crippen LogP) is 1.06. The van der Waals surface area contributed by atoms with Gasteiger partial charge in [-0.25, -0.2) is 0 Å². The molecule has 1 amide bonds. The number of aromatic nitrogens is 4. The van der Waals surface area contributed by atoms with Crippen LogP contribution in [0, 0.1) is 5.92 Å². The molecule has 27 heavy (non-hydrogen) atoms. The number of tetrazole rings is 1. The summed E-state index contributed by atoms with van der Waals surface area (Å²) < 4.78 is 10.3. The quantitative estimate of drug-likeness (QED) is 0.698. The third-order valence-corrected chi connectivity index (χ3v) is 4.63. The molecule has 1 aliphatic rings. The third-order valence-electron chi connectivity index (χ3n) is 4.63. The second-order valence-electron chi connectivity index (χ2n) is 6.52. The number of hydrogen-bond donors (Lipinski definition) is 0. The van der Waals surface area contributed by atoms with E-state index < -0.39 is 0 Å². The average Bonchev–Trinajstić information content (AvgIpc) is 3.13. The molecule has 1 aromatic carbocycles. The van der Waals surface area contributed by atoms with Crippen molar-refractivity contribution in [3.05, 3.63) is 24.3 Å². The largest absolute Gasteiger partial charge is 0.484 e. The summed E-state index contributed by atoms with van der Waals surface area (Å²) in [4.78, 5) is 26.8. The van der Waals surface area contributed by atoms with Crippen LogP contribution >= 0.6 is 0 Å². The van der Waals surface area contributed by atoms with Crippen molar-refractivity contribution in [2.24, 2.45) is 13.0 Å². The van der Waals surface area contributed by atoms with Crippen molar-refractivity contribution in [2.75, 3.05) is 26.8 Å². The SMILES string of the molecule is COC(=O)CC1CCN(C(=O)COc2ccc(-c3nnn(C)n3)cc2)CC1. The van der Waals surface area contributed by atoms with Gasteiger partial charge < -0.3 is 14.4 Å². The molecule has 144 valence electrons. The van der Waals surface area contributed by atoms with E-state index in [2.05, 4.69) is 15.4 Å². The summed E-state index contributed by atoms with van der Waals surface area (Å²) in [6, 6.07) is 7.22. The lowest BCUT2D eigenvalue weighted by atomic mass is 9.93. The van der Waals surface area contributed by atoms with E-state index in [0.717, 1.165) is 18.4 Å². The van der Waals surface area contributed by atoms with Crippen LogP contribution in [-0.4, -0.2) is 63.8 Å². The average molecular weight is 373 g/mol. The first-order valence-electron chi connectivity index (χ1n) is 8.87. The van der Waals surface area contributed by atoms with Crippen LogP contribution in [0.15, 0.2) is 24.3 Å². The van der Waals surface area contributed by atoms with Gasteiger partial charge in [0.2, 0.25) is 5.82 Å². The second-order valence-corrected chi connectivity index (χ2v) is 6.52. The van der Waals surface area contributed by atoms with Crippen LogP contribution < -0.4 is 4.74 Å². The summed E-state index contributed by atoms with van der Waals surface area (Å²) in [5, 5.41) is 11.9. The molecule has 9 nitrogen and oxygen atoms in total. The molecular weight excluding hydrogens is 350 g/mol. The molecule has 2 aromatic rings. The first kappa shape index (κ1) is 18.8. The number of esters is 1. The molecule has 0 N–H and O–H groups in total. The number of nitrogens with zero attached hydrogens (tertiary/aromatic N) is 5. The summed E-state index contributed by atoms with van der Waals surface area (Å²) >= 11 is 0. The van der Waals surface area contributed by atoms with E-state index in [9.17, 15) is 9.59 Å². The molecule has 0 radical (unpaired) electrons. The van der Waals surface area contributed by atoms with Crippen LogP contribution in [0.2, 0.25) is 0 Å². The fourth-order valence-corrected chi connectivity index (χ4v) is 3.04. The molecule has 3 rings (SSSR count). The van der Waals surface area contributed by atoms with E-state index in [-0.39, 0.29) is 24.4 Å². The minimum absolute atomic E-state index is 0.00952. The molecule has 0 unspecified atom stereocenters. The van der Waals surface area contributed by atoms with Crippen molar-refractivity contribution in [1.29, 1.82) is 0 Å². The van der Waals surface area contributed by atoms with Gasteiger partial charge in [0, 0.05) is 25.1 Å². The van der Waals surface area contributed by atoms with E-state index in [4.69, 9.17) is 9.47 Å². The summed E-state index contributed by atoms with van der Waals surface area (Å²) in [6.45, 7) is 1.27. The molecule has 2 heterocycles. The molecule has 0 saturated carbocycles. The Labute approximate surface area is 157 Å². The normalized spacial score (nSPS) is 14.8. The molecule has 1 aliphatic heterocycles. The number of likely N-dealkylation sites (tertiary alicyclic amines) is 1. The van der Waals surface area contributed by atoms with E-state index in [1.165, 1.54) is 11.9 Å². The van der Waals surface area contributed by atoms with E-state index in [1.54, 1.807) is 24.1 Å². The summed E-state index contributed by atoms with van der Waals surface area (Å²) in [6.07, 6.45) is 2.03. The number of methoxy groups -OCH3 is 1. The standard InChI is InChI=1S/C18H23N5O4/c1-22-20-18(19-21-22)14-3-5-15(6-4-14)27-12-16(24)23-9-7-13(8-10-23)11-17(25)26-2/h3-6,13H,7-12H2,1-2H3. The van der Waals surface area contributed by atoms with Gasteiger partial charge in [0.05, 0.1) is 14.2 Å². The highest BCUT2D eigenvalue weighted by Crippen LogP contribution is 2.22. The van der Waals surface area contributed by atoms with Crippen LogP contribution in [-0.2, 0) is 21.4 Å². The molecule has 1 fully saturated rings. The number of ether oxygens (including phenoxy) is 2. The third kappa shape index (κ3) is 5.02. The summed E-state index contributed by atoms with van der Waals surface area (Å²) in [5.74, 6) is 1.19. The highest BCUT2D eigenvalue weighted by molar-refractivity contribution is 5.78. The first-order valence-corrected chi connectivity index (χ1v) is 8.87. The Bertz CT molecular complexity index is 781. The maximum absolute atomic E-state index is 12.3. The molecule has 1 aromatic heterocycles. The number of rotatable bonds is 6. The number of carbonyl (C=O) groups excluding carboxylic acids is 2. The van der Waals surface area contributed by atoms with Gasteiger partial charge in [-0.15, -0.1) is 10.2 Å². The number of hydrogen-bond acceptors (Lipinski definition) is 7. The van der Waals surface area contributed by atoms with Gasteiger partial charge in [-0.05, 0) is 48.2 Å². The fourth-order valence-electron chi connectivity index (χ4n) is 3.04. The van der Waals surface area contributed by atoms with E-state index in [0.29, 0.717) is 31.1 Å². The number of amides is 1. The van der Waals surface area contributed by atoms with Gasteiger partial charge in [0.15, 0.2) is 6.61 Å².